The Morgan fingerprint density at radius 3 is 2.66 bits per heavy atom. The lowest BCUT2D eigenvalue weighted by atomic mass is 9.69. The van der Waals surface area contributed by atoms with Crippen LogP contribution in [0.4, 0.5) is 15.0 Å². The Kier molecular flexibility index (Phi) is 5.45. The summed E-state index contributed by atoms with van der Waals surface area (Å²) in [5.41, 5.74) is -1.66. The lowest BCUT2D eigenvalue weighted by Crippen LogP contribution is -2.69. The number of pyridine rings is 1. The van der Waals surface area contributed by atoms with E-state index in [1.54, 1.807) is 4.90 Å². The Bertz CT molecular complexity index is 1020. The van der Waals surface area contributed by atoms with Crippen molar-refractivity contribution in [3.05, 3.63) is 22.5 Å². The molecule has 3 heterocycles. The molecule has 1 aliphatic rings. The number of rotatable bonds is 2. The molecule has 0 bridgehead atoms. The maximum absolute atomic E-state index is 14.5. The highest BCUT2D eigenvalue weighted by molar-refractivity contribution is 6.30. The number of nitriles is 1. The van der Waals surface area contributed by atoms with E-state index in [4.69, 9.17) is 23.2 Å². The summed E-state index contributed by atoms with van der Waals surface area (Å²) in [5, 5.41) is 19.1. The van der Waals surface area contributed by atoms with E-state index in [0.29, 0.717) is 11.2 Å². The second kappa shape index (κ2) is 7.43. The Morgan fingerprint density at radius 2 is 2.07 bits per heavy atom. The van der Waals surface area contributed by atoms with Crippen molar-refractivity contribution in [1.29, 1.82) is 5.26 Å². The molecule has 0 aliphatic carbocycles. The molecule has 1 fully saturated rings. The molecule has 0 radical (unpaired) electrons. The SMILES string of the molecule is CC(C)(C)[C@@]1(CC#N)CN(c2nc(Cl)nc3c(F)c(Cl)ncc23)CCN1C(=O)O. The van der Waals surface area contributed by atoms with Crippen LogP contribution in [0.25, 0.3) is 10.9 Å². The van der Waals surface area contributed by atoms with E-state index < -0.39 is 22.9 Å². The van der Waals surface area contributed by atoms with E-state index in [9.17, 15) is 19.6 Å². The highest BCUT2D eigenvalue weighted by Gasteiger charge is 2.52. The first-order valence-corrected chi connectivity index (χ1v) is 9.57. The van der Waals surface area contributed by atoms with Gasteiger partial charge >= 0.3 is 6.09 Å². The quantitative estimate of drug-likeness (QED) is 0.555. The molecule has 2 aromatic rings. The predicted octanol–water partition coefficient (Wildman–Crippen LogP) is 3.97. The van der Waals surface area contributed by atoms with Gasteiger partial charge in [-0.3, -0.25) is 4.90 Å². The highest BCUT2D eigenvalue weighted by atomic mass is 35.5. The number of hydrogen-bond acceptors (Lipinski definition) is 6. The zero-order chi connectivity index (χ0) is 21.6. The highest BCUT2D eigenvalue weighted by Crippen LogP contribution is 2.43. The lowest BCUT2D eigenvalue weighted by molar-refractivity contribution is -0.00275. The fraction of sp³-hybridized carbons (Fsp3) is 0.500. The van der Waals surface area contributed by atoms with Gasteiger partial charge in [-0.15, -0.1) is 0 Å². The first-order chi connectivity index (χ1) is 13.5. The molecule has 0 unspecified atom stereocenters. The van der Waals surface area contributed by atoms with Crippen molar-refractivity contribution in [2.24, 2.45) is 5.41 Å². The largest absolute Gasteiger partial charge is 0.465 e. The third-order valence-electron chi connectivity index (χ3n) is 5.45. The molecule has 1 amide bonds. The average molecular weight is 441 g/mol. The second-order valence-corrected chi connectivity index (χ2v) is 8.61. The van der Waals surface area contributed by atoms with Crippen LogP contribution in [0.2, 0.25) is 10.4 Å². The first-order valence-electron chi connectivity index (χ1n) is 8.81. The maximum atomic E-state index is 14.5. The lowest BCUT2D eigenvalue weighted by Gasteiger charge is -2.55. The van der Waals surface area contributed by atoms with Crippen LogP contribution in [0.3, 0.4) is 0 Å². The summed E-state index contributed by atoms with van der Waals surface area (Å²) in [4.78, 5) is 27.1. The van der Waals surface area contributed by atoms with Crippen molar-refractivity contribution in [2.45, 2.75) is 32.7 Å². The number of carbonyl (C=O) groups is 1. The molecular formula is C18H19Cl2FN6O2. The van der Waals surface area contributed by atoms with Gasteiger partial charge in [0.1, 0.15) is 11.3 Å². The smallest absolute Gasteiger partial charge is 0.407 e. The minimum atomic E-state index is -1.10. The fourth-order valence-corrected chi connectivity index (χ4v) is 4.10. The number of aromatic nitrogens is 3. The first kappa shape index (κ1) is 21.3. The molecule has 2 aromatic heterocycles. The third-order valence-corrected chi connectivity index (χ3v) is 5.89. The molecule has 0 saturated carbocycles. The van der Waals surface area contributed by atoms with Crippen molar-refractivity contribution >= 4 is 46.0 Å². The summed E-state index contributed by atoms with van der Waals surface area (Å²) in [7, 11) is 0. The normalized spacial score (nSPS) is 20.0. The molecule has 1 atom stereocenters. The molecule has 29 heavy (non-hydrogen) atoms. The van der Waals surface area contributed by atoms with E-state index >= 15 is 0 Å². The van der Waals surface area contributed by atoms with Gasteiger partial charge in [0.15, 0.2) is 11.0 Å². The van der Waals surface area contributed by atoms with Crippen LogP contribution in [-0.4, -0.2) is 56.2 Å². The van der Waals surface area contributed by atoms with Gasteiger partial charge in [0.05, 0.1) is 23.4 Å². The van der Waals surface area contributed by atoms with Crippen LogP contribution in [-0.2, 0) is 0 Å². The number of amides is 1. The number of carboxylic acid groups (broad SMARTS) is 1. The molecule has 0 spiro atoms. The van der Waals surface area contributed by atoms with E-state index in [1.807, 2.05) is 20.8 Å². The molecule has 11 heteroatoms. The summed E-state index contributed by atoms with van der Waals surface area (Å²) < 4.78 is 14.5. The number of anilines is 1. The molecule has 1 N–H and O–H groups in total. The Labute approximate surface area is 176 Å². The monoisotopic (exact) mass is 440 g/mol. The van der Waals surface area contributed by atoms with Crippen molar-refractivity contribution in [3.8, 4) is 6.07 Å². The van der Waals surface area contributed by atoms with Crippen molar-refractivity contribution in [2.75, 3.05) is 24.5 Å². The standard InChI is InChI=1S/C18H19Cl2FN6O2/c1-17(2,3)18(4-5-22)9-26(6-7-27(18)16(28)29)14-10-8-23-13(19)11(21)12(10)24-15(20)25-14/h8H,4,6-7,9H2,1-3H3,(H,28,29)/t18-/m1/s1. The second-order valence-electron chi connectivity index (χ2n) is 7.91. The van der Waals surface area contributed by atoms with Gasteiger partial charge in [0.25, 0.3) is 0 Å². The third kappa shape index (κ3) is 3.51. The van der Waals surface area contributed by atoms with Crippen LogP contribution in [0, 0.1) is 22.6 Å². The Balaban J connectivity index is 2.18. The molecule has 154 valence electrons. The minimum absolute atomic E-state index is 0.0194. The summed E-state index contributed by atoms with van der Waals surface area (Å²) in [6, 6.07) is 2.13. The van der Waals surface area contributed by atoms with E-state index in [2.05, 4.69) is 21.0 Å². The van der Waals surface area contributed by atoms with Gasteiger partial charge in [-0.05, 0) is 17.0 Å². The average Bonchev–Trinajstić information content (AvgIpc) is 2.63. The molecule has 8 nitrogen and oxygen atoms in total. The molecule has 3 rings (SSSR count). The number of nitrogens with zero attached hydrogens (tertiary/aromatic N) is 6. The van der Waals surface area contributed by atoms with Gasteiger partial charge in [-0.2, -0.15) is 10.2 Å². The van der Waals surface area contributed by atoms with Crippen LogP contribution in [0.1, 0.15) is 27.2 Å². The summed E-state index contributed by atoms with van der Waals surface area (Å²) >= 11 is 11.8. The Morgan fingerprint density at radius 1 is 1.38 bits per heavy atom. The van der Waals surface area contributed by atoms with Gasteiger partial charge in [0, 0.05) is 25.8 Å². The minimum Gasteiger partial charge on any atom is -0.465 e. The Hall–Kier alpha value is -2.44. The van der Waals surface area contributed by atoms with Crippen molar-refractivity contribution in [3.63, 3.8) is 0 Å². The van der Waals surface area contributed by atoms with Gasteiger partial charge in [-0.1, -0.05) is 32.4 Å². The zero-order valence-corrected chi connectivity index (χ0v) is 17.6. The summed E-state index contributed by atoms with van der Waals surface area (Å²) in [6.07, 6.45) is 0.243. The van der Waals surface area contributed by atoms with Gasteiger partial charge in [0.2, 0.25) is 5.28 Å². The molecule has 1 saturated heterocycles. The van der Waals surface area contributed by atoms with Crippen LogP contribution in [0.15, 0.2) is 6.20 Å². The van der Waals surface area contributed by atoms with Gasteiger partial charge in [-0.25, -0.2) is 19.2 Å². The number of halogens is 3. The number of hydrogen-bond donors (Lipinski definition) is 1. The molecular weight excluding hydrogens is 422 g/mol. The number of piperazine rings is 1. The zero-order valence-electron chi connectivity index (χ0n) is 16.1. The topological polar surface area (TPSA) is 106 Å². The van der Waals surface area contributed by atoms with E-state index in [-0.39, 0.29) is 42.0 Å². The maximum Gasteiger partial charge on any atom is 0.407 e. The molecule has 0 aromatic carbocycles. The molecule has 1 aliphatic heterocycles. The van der Waals surface area contributed by atoms with E-state index in [0.717, 1.165) is 0 Å². The van der Waals surface area contributed by atoms with Crippen LogP contribution >= 0.6 is 23.2 Å². The van der Waals surface area contributed by atoms with Crippen molar-refractivity contribution in [1.82, 2.24) is 19.9 Å². The summed E-state index contributed by atoms with van der Waals surface area (Å²) in [6.45, 7) is 6.24. The van der Waals surface area contributed by atoms with Crippen LogP contribution in [0.5, 0.6) is 0 Å². The van der Waals surface area contributed by atoms with Crippen LogP contribution < -0.4 is 4.90 Å². The predicted molar refractivity (Wildman–Crippen MR) is 107 cm³/mol. The van der Waals surface area contributed by atoms with Gasteiger partial charge < -0.3 is 10.0 Å². The van der Waals surface area contributed by atoms with Crippen molar-refractivity contribution < 1.29 is 14.3 Å². The van der Waals surface area contributed by atoms with E-state index in [1.165, 1.54) is 11.1 Å². The summed E-state index contributed by atoms with van der Waals surface area (Å²) in [5.74, 6) is -0.488. The number of fused-ring (bicyclic) bond motifs is 1. The fourth-order valence-electron chi connectivity index (χ4n) is 3.80.